The van der Waals surface area contributed by atoms with Gasteiger partial charge in [-0.25, -0.2) is 13.6 Å². The first-order valence-electron chi connectivity index (χ1n) is 6.32. The molecule has 2 aromatic rings. The SMILES string of the molecule is Cc1ccc(O)c(CNc2ccc(CS(N)(=O)=O)cc2)n1. The number of hydrogen-bond acceptors (Lipinski definition) is 5. The molecule has 7 heteroatoms. The quantitative estimate of drug-likeness (QED) is 0.776. The first kappa shape index (κ1) is 15.3. The van der Waals surface area contributed by atoms with E-state index in [-0.39, 0.29) is 11.5 Å². The number of aromatic hydroxyl groups is 1. The van der Waals surface area contributed by atoms with Crippen LogP contribution in [-0.4, -0.2) is 18.5 Å². The fourth-order valence-corrected chi connectivity index (χ4v) is 2.53. The number of primary sulfonamides is 1. The summed E-state index contributed by atoms with van der Waals surface area (Å²) in [5.74, 6) is -0.0491. The molecule has 21 heavy (non-hydrogen) atoms. The number of sulfonamides is 1. The number of aryl methyl sites for hydroxylation is 1. The standard InChI is InChI=1S/C14H17N3O3S/c1-10-2-7-14(18)13(17-10)8-16-12-5-3-11(4-6-12)9-21(15,19)20/h2-7,16,18H,8-9H2,1H3,(H2,15,19,20). The molecule has 0 aliphatic heterocycles. The van der Waals surface area contributed by atoms with Gasteiger partial charge in [-0.2, -0.15) is 0 Å². The maximum absolute atomic E-state index is 11.0. The minimum Gasteiger partial charge on any atom is -0.506 e. The van der Waals surface area contributed by atoms with E-state index in [4.69, 9.17) is 5.14 Å². The van der Waals surface area contributed by atoms with E-state index in [1.54, 1.807) is 36.4 Å². The fourth-order valence-electron chi connectivity index (χ4n) is 1.87. The van der Waals surface area contributed by atoms with Gasteiger partial charge in [0.05, 0.1) is 12.3 Å². The van der Waals surface area contributed by atoms with Crippen LogP contribution in [0.2, 0.25) is 0 Å². The van der Waals surface area contributed by atoms with Crippen LogP contribution in [0.4, 0.5) is 5.69 Å². The van der Waals surface area contributed by atoms with Gasteiger partial charge >= 0.3 is 0 Å². The molecule has 0 aliphatic rings. The van der Waals surface area contributed by atoms with E-state index in [2.05, 4.69) is 10.3 Å². The number of hydrogen-bond donors (Lipinski definition) is 3. The Hall–Kier alpha value is -2.12. The topological polar surface area (TPSA) is 105 Å². The Balaban J connectivity index is 2.02. The van der Waals surface area contributed by atoms with Crippen molar-refractivity contribution in [2.24, 2.45) is 5.14 Å². The van der Waals surface area contributed by atoms with Gasteiger partial charge in [0.2, 0.25) is 10.0 Å². The summed E-state index contributed by atoms with van der Waals surface area (Å²) in [4.78, 5) is 4.25. The average molecular weight is 307 g/mol. The van der Waals surface area contributed by atoms with Crippen molar-refractivity contribution >= 4 is 15.7 Å². The van der Waals surface area contributed by atoms with Crippen LogP contribution in [0.5, 0.6) is 5.75 Å². The van der Waals surface area contributed by atoms with Crippen LogP contribution in [0.25, 0.3) is 0 Å². The second-order valence-corrected chi connectivity index (χ2v) is 6.39. The molecule has 0 aliphatic carbocycles. The third-order valence-electron chi connectivity index (χ3n) is 2.87. The lowest BCUT2D eigenvalue weighted by Gasteiger charge is -2.09. The Morgan fingerprint density at radius 3 is 2.48 bits per heavy atom. The third kappa shape index (κ3) is 4.73. The van der Waals surface area contributed by atoms with Crippen molar-refractivity contribution in [2.75, 3.05) is 5.32 Å². The largest absolute Gasteiger partial charge is 0.506 e. The summed E-state index contributed by atoms with van der Waals surface area (Å²) in [6.45, 7) is 2.23. The summed E-state index contributed by atoms with van der Waals surface area (Å²) in [5.41, 5.74) is 2.81. The third-order valence-corrected chi connectivity index (χ3v) is 3.61. The minimum atomic E-state index is -3.52. The highest BCUT2D eigenvalue weighted by Gasteiger charge is 2.06. The number of nitrogens with zero attached hydrogens (tertiary/aromatic N) is 1. The van der Waals surface area contributed by atoms with Crippen molar-refractivity contribution < 1.29 is 13.5 Å². The maximum atomic E-state index is 11.0. The predicted octanol–water partition coefficient (Wildman–Crippen LogP) is 1.50. The molecule has 4 N–H and O–H groups in total. The van der Waals surface area contributed by atoms with Crippen molar-refractivity contribution in [1.82, 2.24) is 4.98 Å². The van der Waals surface area contributed by atoms with E-state index in [0.717, 1.165) is 11.4 Å². The molecular weight excluding hydrogens is 290 g/mol. The first-order chi connectivity index (χ1) is 9.83. The van der Waals surface area contributed by atoms with Crippen LogP contribution in [0.15, 0.2) is 36.4 Å². The van der Waals surface area contributed by atoms with Crippen LogP contribution in [0, 0.1) is 6.92 Å². The van der Waals surface area contributed by atoms with Crippen LogP contribution in [-0.2, 0) is 22.3 Å². The molecule has 0 spiro atoms. The lowest BCUT2D eigenvalue weighted by atomic mass is 10.2. The van der Waals surface area contributed by atoms with Crippen molar-refractivity contribution in [3.05, 3.63) is 53.3 Å². The zero-order valence-corrected chi connectivity index (χ0v) is 12.4. The van der Waals surface area contributed by atoms with Gasteiger partial charge < -0.3 is 10.4 Å². The molecule has 0 unspecified atom stereocenters. The molecule has 0 atom stereocenters. The van der Waals surface area contributed by atoms with Gasteiger partial charge in [0.1, 0.15) is 11.4 Å². The van der Waals surface area contributed by atoms with Crippen molar-refractivity contribution in [2.45, 2.75) is 19.2 Å². The summed E-state index contributed by atoms with van der Waals surface area (Å²) >= 11 is 0. The molecular formula is C14H17N3O3S. The van der Waals surface area contributed by atoms with Gasteiger partial charge in [-0.05, 0) is 36.8 Å². The summed E-state index contributed by atoms with van der Waals surface area (Å²) in [6.07, 6.45) is 0. The number of nitrogens with two attached hydrogens (primary N) is 1. The number of aromatic nitrogens is 1. The lowest BCUT2D eigenvalue weighted by Crippen LogP contribution is -2.14. The van der Waals surface area contributed by atoms with Crippen LogP contribution in [0.3, 0.4) is 0 Å². The summed E-state index contributed by atoms with van der Waals surface area (Å²) in [6, 6.07) is 10.2. The smallest absolute Gasteiger partial charge is 0.213 e. The van der Waals surface area contributed by atoms with E-state index in [1.807, 2.05) is 6.92 Å². The summed E-state index contributed by atoms with van der Waals surface area (Å²) in [7, 11) is -3.52. The van der Waals surface area contributed by atoms with Gasteiger partial charge in [-0.15, -0.1) is 0 Å². The highest BCUT2D eigenvalue weighted by molar-refractivity contribution is 7.88. The molecule has 0 saturated carbocycles. The zero-order valence-electron chi connectivity index (χ0n) is 11.6. The number of rotatable bonds is 5. The molecule has 1 heterocycles. The second kappa shape index (κ2) is 6.11. The number of nitrogens with one attached hydrogen (secondary N) is 1. The Morgan fingerprint density at radius 1 is 1.19 bits per heavy atom. The van der Waals surface area contributed by atoms with Crippen molar-refractivity contribution in [3.8, 4) is 5.75 Å². The highest BCUT2D eigenvalue weighted by atomic mass is 32.2. The molecule has 1 aromatic carbocycles. The monoisotopic (exact) mass is 307 g/mol. The maximum Gasteiger partial charge on any atom is 0.213 e. The Bertz CT molecular complexity index is 728. The van der Waals surface area contributed by atoms with Crippen LogP contribution >= 0.6 is 0 Å². The van der Waals surface area contributed by atoms with E-state index < -0.39 is 10.0 Å². The molecule has 6 nitrogen and oxygen atoms in total. The molecule has 2 rings (SSSR count). The van der Waals surface area contributed by atoms with E-state index >= 15 is 0 Å². The average Bonchev–Trinajstić information content (AvgIpc) is 2.40. The number of pyridine rings is 1. The Morgan fingerprint density at radius 2 is 1.86 bits per heavy atom. The number of benzene rings is 1. The van der Waals surface area contributed by atoms with Gasteiger partial charge in [0, 0.05) is 11.4 Å². The highest BCUT2D eigenvalue weighted by Crippen LogP contribution is 2.17. The number of anilines is 1. The molecule has 112 valence electrons. The molecule has 0 bridgehead atoms. The molecule has 1 aromatic heterocycles. The van der Waals surface area contributed by atoms with Crippen LogP contribution < -0.4 is 10.5 Å². The van der Waals surface area contributed by atoms with Crippen molar-refractivity contribution in [1.29, 1.82) is 0 Å². The molecule has 0 saturated heterocycles. The normalized spacial score (nSPS) is 11.3. The lowest BCUT2D eigenvalue weighted by molar-refractivity contribution is 0.464. The summed E-state index contributed by atoms with van der Waals surface area (Å²) < 4.78 is 22.0. The predicted molar refractivity (Wildman–Crippen MR) is 81.2 cm³/mol. The molecule has 0 amide bonds. The first-order valence-corrected chi connectivity index (χ1v) is 8.04. The molecule has 0 fully saturated rings. The van der Waals surface area contributed by atoms with Gasteiger partial charge in [0.25, 0.3) is 0 Å². The summed E-state index contributed by atoms with van der Waals surface area (Å²) in [5, 5.41) is 17.8. The second-order valence-electron chi connectivity index (χ2n) is 4.78. The zero-order chi connectivity index (χ0) is 15.5. The van der Waals surface area contributed by atoms with E-state index in [1.165, 1.54) is 0 Å². The van der Waals surface area contributed by atoms with Crippen LogP contribution in [0.1, 0.15) is 17.0 Å². The van der Waals surface area contributed by atoms with Gasteiger partial charge in [-0.3, -0.25) is 4.98 Å². The molecule has 0 radical (unpaired) electrons. The Labute approximate surface area is 123 Å². The van der Waals surface area contributed by atoms with E-state index in [9.17, 15) is 13.5 Å². The minimum absolute atomic E-state index is 0.138. The van der Waals surface area contributed by atoms with Gasteiger partial charge in [0.15, 0.2) is 0 Å². The van der Waals surface area contributed by atoms with Crippen molar-refractivity contribution in [3.63, 3.8) is 0 Å². The Kier molecular flexibility index (Phi) is 4.44. The fraction of sp³-hybridized carbons (Fsp3) is 0.214. The van der Waals surface area contributed by atoms with Gasteiger partial charge in [-0.1, -0.05) is 12.1 Å². The van der Waals surface area contributed by atoms with E-state index in [0.29, 0.717) is 17.8 Å².